The first kappa shape index (κ1) is 12.7. The number of hydrogen-bond acceptors (Lipinski definition) is 5. The molecule has 0 radical (unpaired) electrons. The van der Waals surface area contributed by atoms with E-state index in [4.69, 9.17) is 16.8 Å². The largest absolute Gasteiger partial charge is 0.409 e. The lowest BCUT2D eigenvalue weighted by atomic mass is 10.3. The van der Waals surface area contributed by atoms with Crippen molar-refractivity contribution in [2.75, 3.05) is 5.32 Å². The van der Waals surface area contributed by atoms with Gasteiger partial charge in [-0.3, -0.25) is 0 Å². The van der Waals surface area contributed by atoms with Crippen molar-refractivity contribution in [1.29, 1.82) is 0 Å². The maximum absolute atomic E-state index is 13.0. The van der Waals surface area contributed by atoms with Gasteiger partial charge in [-0.2, -0.15) is 0 Å². The monoisotopic (exact) mass is 286 g/mol. The molecule has 5 nitrogen and oxygen atoms in total. The van der Waals surface area contributed by atoms with E-state index >= 15 is 0 Å². The smallest absolute Gasteiger partial charge is 0.190 e. The molecule has 94 valence electrons. The third-order valence-corrected chi connectivity index (χ3v) is 3.27. The van der Waals surface area contributed by atoms with Crippen molar-refractivity contribution < 1.29 is 9.60 Å². The van der Waals surface area contributed by atoms with Crippen molar-refractivity contribution in [3.05, 3.63) is 39.6 Å². The maximum Gasteiger partial charge on any atom is 0.190 e. The molecule has 0 saturated heterocycles. The fourth-order valence-corrected chi connectivity index (χ4v) is 2.06. The molecule has 1 aromatic heterocycles. The molecule has 18 heavy (non-hydrogen) atoms. The number of oxime groups is 1. The van der Waals surface area contributed by atoms with E-state index in [-0.39, 0.29) is 10.9 Å². The number of amidine groups is 1. The minimum absolute atomic E-state index is 0.0172. The molecular formula is C10H8ClFN4OS. The Bertz CT molecular complexity index is 601. The van der Waals surface area contributed by atoms with E-state index in [1.54, 1.807) is 6.92 Å². The molecule has 0 aliphatic carbocycles. The van der Waals surface area contributed by atoms with Gasteiger partial charge in [0.2, 0.25) is 0 Å². The molecule has 1 aromatic carbocycles. The number of anilines is 1. The Hall–Kier alpha value is -1.73. The topological polar surface area (TPSA) is 70.4 Å². The van der Waals surface area contributed by atoms with Crippen LogP contribution in [0.25, 0.3) is 0 Å². The van der Waals surface area contributed by atoms with Crippen LogP contribution in [0.15, 0.2) is 23.4 Å². The van der Waals surface area contributed by atoms with E-state index in [1.807, 2.05) is 0 Å². The summed E-state index contributed by atoms with van der Waals surface area (Å²) in [4.78, 5) is 0.595. The molecule has 2 aromatic rings. The van der Waals surface area contributed by atoms with E-state index in [0.29, 0.717) is 16.3 Å². The van der Waals surface area contributed by atoms with Crippen molar-refractivity contribution in [2.45, 2.75) is 6.92 Å². The average molecular weight is 287 g/mol. The van der Waals surface area contributed by atoms with Crippen LogP contribution >= 0.6 is 23.1 Å². The highest BCUT2D eigenvalue weighted by atomic mass is 35.5. The highest BCUT2D eigenvalue weighted by molar-refractivity contribution is 7.08. The first-order chi connectivity index (χ1) is 8.61. The molecule has 0 saturated carbocycles. The highest BCUT2D eigenvalue weighted by Gasteiger charge is 2.12. The summed E-state index contributed by atoms with van der Waals surface area (Å²) >= 11 is 6.74. The third kappa shape index (κ3) is 2.57. The van der Waals surface area contributed by atoms with Crippen molar-refractivity contribution in [3.63, 3.8) is 0 Å². The van der Waals surface area contributed by atoms with Crippen LogP contribution in [-0.4, -0.2) is 20.6 Å². The van der Waals surface area contributed by atoms with Crippen molar-refractivity contribution in [1.82, 2.24) is 9.59 Å². The third-order valence-electron chi connectivity index (χ3n) is 2.15. The maximum atomic E-state index is 13.0. The summed E-state index contributed by atoms with van der Waals surface area (Å²) in [5, 5.41) is 18.7. The average Bonchev–Trinajstić information content (AvgIpc) is 2.77. The van der Waals surface area contributed by atoms with Gasteiger partial charge in [-0.05, 0) is 36.7 Å². The van der Waals surface area contributed by atoms with Crippen molar-refractivity contribution in [2.24, 2.45) is 5.16 Å². The number of nitrogens with one attached hydrogen (secondary N) is 1. The quantitative estimate of drug-likeness (QED) is 0.385. The standard InChI is InChI=1S/C10H8ClFN4OS/c1-5-9(18-16-14-5)10(15-17)13-6-2-3-8(12)7(11)4-6/h2-4,17H,1H3,(H,13,15). The number of hydrogen-bond donors (Lipinski definition) is 2. The number of halogens is 2. The molecule has 0 aliphatic rings. The molecule has 1 heterocycles. The van der Waals surface area contributed by atoms with Crippen molar-refractivity contribution in [3.8, 4) is 0 Å². The lowest BCUT2D eigenvalue weighted by Gasteiger charge is -2.07. The zero-order valence-electron chi connectivity index (χ0n) is 9.19. The van der Waals surface area contributed by atoms with Gasteiger partial charge < -0.3 is 10.5 Å². The van der Waals surface area contributed by atoms with Gasteiger partial charge in [0.1, 0.15) is 10.7 Å². The Morgan fingerprint density at radius 2 is 2.33 bits per heavy atom. The second-order valence-corrected chi connectivity index (χ2v) is 4.55. The fourth-order valence-electron chi connectivity index (χ4n) is 1.29. The molecule has 0 spiro atoms. The lowest BCUT2D eigenvalue weighted by molar-refractivity contribution is 0.319. The van der Waals surface area contributed by atoms with Crippen LogP contribution in [0.3, 0.4) is 0 Å². The molecule has 8 heteroatoms. The van der Waals surface area contributed by atoms with Crippen LogP contribution < -0.4 is 5.32 Å². The molecule has 0 aliphatic heterocycles. The Kier molecular flexibility index (Phi) is 3.73. The van der Waals surface area contributed by atoms with E-state index < -0.39 is 5.82 Å². The predicted molar refractivity (Wildman–Crippen MR) is 68.0 cm³/mol. The summed E-state index contributed by atoms with van der Waals surface area (Å²) in [7, 11) is 0. The zero-order chi connectivity index (χ0) is 13.1. The molecule has 2 rings (SSSR count). The van der Waals surface area contributed by atoms with Crippen LogP contribution in [0.5, 0.6) is 0 Å². The Morgan fingerprint density at radius 3 is 2.89 bits per heavy atom. The Morgan fingerprint density at radius 1 is 1.56 bits per heavy atom. The molecular weight excluding hydrogens is 279 g/mol. The molecule has 0 atom stereocenters. The minimum Gasteiger partial charge on any atom is -0.409 e. The van der Waals surface area contributed by atoms with Gasteiger partial charge in [-0.1, -0.05) is 21.2 Å². The van der Waals surface area contributed by atoms with Crippen molar-refractivity contribution >= 4 is 34.7 Å². The number of aromatic nitrogens is 2. The van der Waals surface area contributed by atoms with Crippen LogP contribution in [0.4, 0.5) is 10.1 Å². The summed E-state index contributed by atoms with van der Waals surface area (Å²) < 4.78 is 16.7. The summed E-state index contributed by atoms with van der Waals surface area (Å²) in [6, 6.07) is 4.10. The number of aryl methyl sites for hydroxylation is 1. The first-order valence-electron chi connectivity index (χ1n) is 4.85. The first-order valence-corrected chi connectivity index (χ1v) is 6.00. The van der Waals surface area contributed by atoms with Gasteiger partial charge in [-0.15, -0.1) is 5.10 Å². The summed E-state index contributed by atoms with van der Waals surface area (Å²) in [6.07, 6.45) is 0. The van der Waals surface area contributed by atoms with Crippen LogP contribution in [0, 0.1) is 12.7 Å². The Balaban J connectivity index is 2.27. The van der Waals surface area contributed by atoms with E-state index in [9.17, 15) is 4.39 Å². The van der Waals surface area contributed by atoms with Crippen LogP contribution in [0.1, 0.15) is 10.6 Å². The van der Waals surface area contributed by atoms with E-state index in [0.717, 1.165) is 11.5 Å². The van der Waals surface area contributed by atoms with E-state index in [2.05, 4.69) is 20.1 Å². The fraction of sp³-hybridized carbons (Fsp3) is 0.100. The molecule has 0 fully saturated rings. The second-order valence-electron chi connectivity index (χ2n) is 3.39. The number of benzene rings is 1. The number of nitrogens with zero attached hydrogens (tertiary/aromatic N) is 3. The SMILES string of the molecule is Cc1nnsc1/C(=N\O)Nc1ccc(F)c(Cl)c1. The normalized spacial score (nSPS) is 11.6. The summed E-state index contributed by atoms with van der Waals surface area (Å²) in [6.45, 7) is 1.74. The number of rotatable bonds is 2. The Labute approximate surface area is 111 Å². The van der Waals surface area contributed by atoms with E-state index in [1.165, 1.54) is 18.2 Å². The van der Waals surface area contributed by atoms with Gasteiger partial charge in [0.05, 0.1) is 10.7 Å². The second kappa shape index (κ2) is 5.28. The highest BCUT2D eigenvalue weighted by Crippen LogP contribution is 2.21. The van der Waals surface area contributed by atoms with Gasteiger partial charge >= 0.3 is 0 Å². The minimum atomic E-state index is -0.514. The van der Waals surface area contributed by atoms with Gasteiger partial charge in [0.15, 0.2) is 5.84 Å². The lowest BCUT2D eigenvalue weighted by Crippen LogP contribution is -2.13. The van der Waals surface area contributed by atoms with Gasteiger partial charge in [0.25, 0.3) is 0 Å². The molecule has 2 N–H and O–H groups in total. The zero-order valence-corrected chi connectivity index (χ0v) is 10.8. The van der Waals surface area contributed by atoms with Crippen LogP contribution in [-0.2, 0) is 0 Å². The van der Waals surface area contributed by atoms with Gasteiger partial charge in [0, 0.05) is 5.69 Å². The predicted octanol–water partition coefficient (Wildman–Crippen LogP) is 2.89. The summed E-state index contributed by atoms with van der Waals surface area (Å²) in [5.41, 5.74) is 1.13. The summed E-state index contributed by atoms with van der Waals surface area (Å²) in [5.74, 6) is -0.328. The molecule has 0 amide bonds. The molecule has 0 unspecified atom stereocenters. The molecule has 0 bridgehead atoms. The van der Waals surface area contributed by atoms with Crippen LogP contribution in [0.2, 0.25) is 5.02 Å². The van der Waals surface area contributed by atoms with Gasteiger partial charge in [-0.25, -0.2) is 4.39 Å².